The summed E-state index contributed by atoms with van der Waals surface area (Å²) in [6, 6.07) is 18.9. The quantitative estimate of drug-likeness (QED) is 0.0152. The molecule has 0 bridgehead atoms. The number of nitrogens with one attached hydrogen (secondary N) is 2. The molecule has 0 radical (unpaired) electrons. The van der Waals surface area contributed by atoms with Gasteiger partial charge in [0, 0.05) is 54.7 Å². The molecule has 1 fully saturated rings. The van der Waals surface area contributed by atoms with Gasteiger partial charge in [-0.05, 0) is 159 Å². The van der Waals surface area contributed by atoms with Gasteiger partial charge in [0.2, 0.25) is 5.91 Å². The number of rotatable bonds is 29. The molecule has 3 amide bonds. The van der Waals surface area contributed by atoms with Gasteiger partial charge in [-0.1, -0.05) is 61.2 Å². The summed E-state index contributed by atoms with van der Waals surface area (Å²) in [4.78, 5) is 70.9. The number of phosphoric ester groups is 1. The molecule has 0 saturated carbocycles. The molecule has 2 heterocycles. The maximum Gasteiger partial charge on any atom is 0.531 e. The number of benzene rings is 4. The van der Waals surface area contributed by atoms with Gasteiger partial charge in [0.25, 0.3) is 5.91 Å². The smallest absolute Gasteiger partial charge is 0.493 e. The number of alkyl halides is 1. The summed E-state index contributed by atoms with van der Waals surface area (Å²) < 4.78 is 49.6. The number of amides is 3. The van der Waals surface area contributed by atoms with Crippen molar-refractivity contribution in [2.75, 3.05) is 57.3 Å². The molecular formula is C61H82ClN4O13P. The Balaban J connectivity index is 1.08. The van der Waals surface area contributed by atoms with Crippen LogP contribution in [0.2, 0.25) is 0 Å². The standard InChI is InChI=1S/C61H82ClN4O13P/c1-10-30-75-59(72)64-50(22-15-16-28-63-9)52(68)33-42-24-26-43(27-25-42)40-76-56(70)35-44-34-53(41(2)32-49(44)58(71)65-29-18-19-46(65)39-67)74-31-17-11-12-23-55(69)66-38-45(37-62)57-48-21-14-13-20-47(48)54(36-51(57)66)77-80(73,78-60(3,4)5)79-61(6,7)8/h10,13-14,20-21,24-27,32,34,36,45-46,50,63,67H,1,11-12,15-19,22-23,28-31,33,35,37-40H2,2-9H3,(H,64,72)/t45-,46+,50+/m1/s1. The predicted octanol–water partition coefficient (Wildman–Crippen LogP) is 11.2. The molecule has 3 atom stereocenters. The van der Waals surface area contributed by atoms with E-state index in [-0.39, 0.29) is 80.3 Å². The number of phosphoric acid groups is 1. The number of Topliss-reactive ketones (excluding diaryl/α,β-unsaturated/α-hetero) is 1. The highest BCUT2D eigenvalue weighted by Crippen LogP contribution is 2.57. The molecule has 436 valence electrons. The molecule has 19 heteroatoms. The Morgan fingerprint density at radius 1 is 0.875 bits per heavy atom. The fraction of sp³-hybridized carbons (Fsp3) is 0.525. The van der Waals surface area contributed by atoms with Gasteiger partial charge in [-0.25, -0.2) is 9.36 Å². The minimum absolute atomic E-state index is 0.0290. The third-order valence-corrected chi connectivity index (χ3v) is 16.0. The van der Waals surface area contributed by atoms with E-state index in [2.05, 4.69) is 17.2 Å². The molecule has 80 heavy (non-hydrogen) atoms. The predicted molar refractivity (Wildman–Crippen MR) is 311 cm³/mol. The highest BCUT2D eigenvalue weighted by atomic mass is 35.5. The number of aryl methyl sites for hydroxylation is 1. The van der Waals surface area contributed by atoms with Crippen molar-refractivity contribution in [3.05, 3.63) is 113 Å². The molecule has 2 aliphatic heterocycles. The van der Waals surface area contributed by atoms with E-state index in [4.69, 9.17) is 39.4 Å². The second-order valence-corrected chi connectivity index (χ2v) is 24.3. The first-order valence-corrected chi connectivity index (χ1v) is 29.8. The Bertz CT molecular complexity index is 2830. The summed E-state index contributed by atoms with van der Waals surface area (Å²) >= 11 is 6.57. The summed E-state index contributed by atoms with van der Waals surface area (Å²) in [5.41, 5.74) is 2.73. The van der Waals surface area contributed by atoms with E-state index in [1.807, 2.05) is 38.2 Å². The van der Waals surface area contributed by atoms with Crippen LogP contribution in [0.15, 0.2) is 79.4 Å². The maximum absolute atomic E-state index is 14.3. The average molecular weight is 1150 g/mol. The molecule has 4 aromatic rings. The number of carbonyl (C=O) groups excluding carboxylic acids is 5. The lowest BCUT2D eigenvalue weighted by atomic mass is 9.95. The number of aliphatic hydroxyl groups is 1. The number of anilines is 1. The van der Waals surface area contributed by atoms with E-state index < -0.39 is 37.1 Å². The lowest BCUT2D eigenvalue weighted by Crippen LogP contribution is -2.42. The number of esters is 1. The molecule has 17 nitrogen and oxygen atoms in total. The number of likely N-dealkylation sites (tertiary alicyclic amines) is 1. The van der Waals surface area contributed by atoms with E-state index in [9.17, 15) is 33.6 Å². The SMILES string of the molecule is C=CCOC(=O)N[C@@H](CCCCNC)C(=O)Cc1ccc(COC(=O)Cc2cc(OCCCCCC(=O)N3C[C@@H](CCl)c4c3cc(OP(=O)(OC(C)(C)C)OC(C)(C)C)c3ccccc43)c(C)cc2C(=O)N2CCC[C@H]2CO)cc1. The van der Waals surface area contributed by atoms with Gasteiger partial charge >= 0.3 is 19.9 Å². The third-order valence-electron chi connectivity index (χ3n) is 13.7. The van der Waals surface area contributed by atoms with Crippen molar-refractivity contribution in [3.63, 3.8) is 0 Å². The fourth-order valence-corrected chi connectivity index (χ4v) is 12.1. The second kappa shape index (κ2) is 29.3. The van der Waals surface area contributed by atoms with Crippen molar-refractivity contribution < 1.29 is 61.4 Å². The van der Waals surface area contributed by atoms with Crippen molar-refractivity contribution in [3.8, 4) is 11.5 Å². The molecule has 1 saturated heterocycles. The molecule has 0 aliphatic carbocycles. The van der Waals surface area contributed by atoms with E-state index in [0.29, 0.717) is 90.9 Å². The van der Waals surface area contributed by atoms with Crippen molar-refractivity contribution in [1.82, 2.24) is 15.5 Å². The first kappa shape index (κ1) is 63.4. The summed E-state index contributed by atoms with van der Waals surface area (Å²) in [7, 11) is -2.34. The fourth-order valence-electron chi connectivity index (χ4n) is 9.98. The van der Waals surface area contributed by atoms with E-state index in [1.54, 1.807) is 93.8 Å². The third kappa shape index (κ3) is 18.1. The van der Waals surface area contributed by atoms with Crippen molar-refractivity contribution >= 4 is 65.5 Å². The molecule has 4 aromatic carbocycles. The van der Waals surface area contributed by atoms with Gasteiger partial charge in [0.05, 0.1) is 48.6 Å². The zero-order chi connectivity index (χ0) is 58.2. The number of ketones is 1. The van der Waals surface area contributed by atoms with Gasteiger partial charge in [0.15, 0.2) is 5.78 Å². The topological polar surface area (TPSA) is 209 Å². The maximum atomic E-state index is 14.3. The van der Waals surface area contributed by atoms with Crippen molar-refractivity contribution in [2.24, 2.45) is 0 Å². The van der Waals surface area contributed by atoms with Gasteiger partial charge in [0.1, 0.15) is 24.7 Å². The van der Waals surface area contributed by atoms with Crippen LogP contribution in [-0.4, -0.2) is 115 Å². The number of hydrogen-bond donors (Lipinski definition) is 3. The number of hydrogen-bond acceptors (Lipinski definition) is 14. The zero-order valence-electron chi connectivity index (χ0n) is 47.9. The minimum Gasteiger partial charge on any atom is -0.493 e. The molecule has 0 spiro atoms. The number of halogens is 1. The minimum atomic E-state index is -4.19. The van der Waals surface area contributed by atoms with Gasteiger partial charge in [-0.15, -0.1) is 11.6 Å². The van der Waals surface area contributed by atoms with Crippen LogP contribution < -0.4 is 24.8 Å². The zero-order valence-corrected chi connectivity index (χ0v) is 49.5. The number of ether oxygens (including phenoxy) is 3. The molecular weight excluding hydrogens is 1060 g/mol. The van der Waals surface area contributed by atoms with Crippen LogP contribution in [0.5, 0.6) is 11.5 Å². The van der Waals surface area contributed by atoms with Crippen molar-refractivity contribution in [2.45, 2.75) is 155 Å². The lowest BCUT2D eigenvalue weighted by molar-refractivity contribution is -0.144. The first-order valence-electron chi connectivity index (χ1n) is 27.8. The number of alkyl carbamates (subject to hydrolysis) is 1. The number of aliphatic hydroxyl groups excluding tert-OH is 1. The normalized spacial score (nSPS) is 15.8. The Morgan fingerprint density at radius 2 is 1.57 bits per heavy atom. The van der Waals surface area contributed by atoms with Crippen LogP contribution in [0, 0.1) is 6.92 Å². The summed E-state index contributed by atoms with van der Waals surface area (Å²) in [6.45, 7) is 17.8. The Kier molecular flexibility index (Phi) is 23.2. The average Bonchev–Trinajstić information content (AvgIpc) is 4.16. The van der Waals surface area contributed by atoms with E-state index >= 15 is 0 Å². The lowest BCUT2D eigenvalue weighted by Gasteiger charge is -2.31. The molecule has 0 aromatic heterocycles. The van der Waals surface area contributed by atoms with Crippen LogP contribution in [0.25, 0.3) is 10.8 Å². The first-order chi connectivity index (χ1) is 38.0. The van der Waals surface area contributed by atoms with Gasteiger partial charge < -0.3 is 44.3 Å². The van der Waals surface area contributed by atoms with Crippen molar-refractivity contribution in [1.29, 1.82) is 0 Å². The molecule has 0 unspecified atom stereocenters. The van der Waals surface area contributed by atoms with E-state index in [1.165, 1.54) is 6.08 Å². The van der Waals surface area contributed by atoms with Gasteiger partial charge in [-0.2, -0.15) is 0 Å². The summed E-state index contributed by atoms with van der Waals surface area (Å²) in [5.74, 6) is -0.174. The summed E-state index contributed by atoms with van der Waals surface area (Å²) in [5, 5.41) is 17.4. The van der Waals surface area contributed by atoms with Crippen LogP contribution in [0.4, 0.5) is 10.5 Å². The monoisotopic (exact) mass is 1140 g/mol. The van der Waals surface area contributed by atoms with Crippen LogP contribution in [0.3, 0.4) is 0 Å². The highest BCUT2D eigenvalue weighted by molar-refractivity contribution is 7.49. The summed E-state index contributed by atoms with van der Waals surface area (Å²) in [6.07, 6.45) is 6.20. The number of nitrogens with zero attached hydrogens (tertiary/aromatic N) is 2. The number of carbonyl (C=O) groups is 5. The highest BCUT2D eigenvalue weighted by Gasteiger charge is 2.41. The largest absolute Gasteiger partial charge is 0.531 e. The Labute approximate surface area is 477 Å². The Morgan fingerprint density at radius 3 is 2.24 bits per heavy atom. The van der Waals surface area contributed by atoms with E-state index in [0.717, 1.165) is 42.3 Å². The Hall–Kier alpha value is -5.81. The van der Waals surface area contributed by atoms with Crippen LogP contribution in [-0.2, 0) is 56.9 Å². The second-order valence-electron chi connectivity index (χ2n) is 22.5. The number of fused-ring (bicyclic) bond motifs is 3. The van der Waals surface area contributed by atoms with Gasteiger partial charge in [-0.3, -0.25) is 28.2 Å². The number of unbranched alkanes of at least 4 members (excludes halogenated alkanes) is 3. The van der Waals surface area contributed by atoms with Crippen LogP contribution in [0.1, 0.15) is 143 Å². The molecule has 2 aliphatic rings. The van der Waals surface area contributed by atoms with Crippen LogP contribution >= 0.6 is 19.4 Å². The molecule has 6 rings (SSSR count). The molecule has 3 N–H and O–H groups in total.